The van der Waals surface area contributed by atoms with E-state index in [2.05, 4.69) is 56.6 Å². The van der Waals surface area contributed by atoms with Gasteiger partial charge in [0.25, 0.3) is 15.7 Å². The zero-order valence-electron chi connectivity index (χ0n) is 30.8. The Morgan fingerprint density at radius 1 is 0.846 bits per heavy atom. The zero-order chi connectivity index (χ0) is 37.5. The highest BCUT2D eigenvalue weighted by molar-refractivity contribution is 7.64. The van der Waals surface area contributed by atoms with Crippen molar-refractivity contribution in [3.05, 3.63) is 127 Å². The molecule has 0 spiro atoms. The Morgan fingerprint density at radius 3 is 1.87 bits per heavy atom. The fraction of sp³-hybridized carbons (Fsp3) is 0.286. The van der Waals surface area contributed by atoms with Crippen molar-refractivity contribution in [3.8, 4) is 34.0 Å². The molecule has 0 N–H and O–H groups in total. The van der Waals surface area contributed by atoms with E-state index in [0.29, 0.717) is 22.5 Å². The van der Waals surface area contributed by atoms with Crippen LogP contribution in [0.5, 0.6) is 0 Å². The average molecular weight is 737 g/mol. The number of hydrogen-bond acceptors (Lipinski definition) is 6. The van der Waals surface area contributed by atoms with Gasteiger partial charge < -0.3 is 13.7 Å². The summed E-state index contributed by atoms with van der Waals surface area (Å²) >= 11 is 0. The Balaban J connectivity index is 1.66. The van der Waals surface area contributed by atoms with Crippen LogP contribution >= 0.6 is 7.37 Å². The molecular formula is C42H46FN2O5PSi. The highest BCUT2D eigenvalue weighted by Crippen LogP contribution is 2.48. The molecule has 0 aliphatic rings. The maximum atomic E-state index is 14.8. The molecule has 0 aliphatic heterocycles. The first-order valence-corrected chi connectivity index (χ1v) is 21.0. The number of nitrogens with zero attached hydrogens (tertiary/aromatic N) is 2. The van der Waals surface area contributed by atoms with Gasteiger partial charge in [-0.15, -0.1) is 0 Å². The lowest BCUT2D eigenvalue weighted by molar-refractivity contribution is -0.142. The third-order valence-electron chi connectivity index (χ3n) is 9.05. The van der Waals surface area contributed by atoms with Crippen LogP contribution in [-0.2, 0) is 23.0 Å². The molecule has 0 amide bonds. The van der Waals surface area contributed by atoms with E-state index in [-0.39, 0.29) is 24.4 Å². The van der Waals surface area contributed by atoms with Crippen molar-refractivity contribution in [2.45, 2.75) is 58.2 Å². The molecule has 4 aromatic carbocycles. The second kappa shape index (κ2) is 16.4. The highest BCUT2D eigenvalue weighted by atomic mass is 31.2. The Morgan fingerprint density at radius 2 is 1.38 bits per heavy atom. The van der Waals surface area contributed by atoms with Gasteiger partial charge in [-0.25, -0.2) is 4.39 Å². The minimum Gasteiger partial charge on any atom is -0.469 e. The molecule has 1 heterocycles. The Bertz CT molecular complexity index is 2030. The van der Waals surface area contributed by atoms with E-state index in [4.69, 9.17) is 18.8 Å². The molecule has 5 rings (SSSR count). The van der Waals surface area contributed by atoms with Crippen LogP contribution < -0.4 is 10.4 Å². The predicted octanol–water partition coefficient (Wildman–Crippen LogP) is 8.68. The van der Waals surface area contributed by atoms with Crippen LogP contribution in [-0.4, -0.2) is 50.6 Å². The van der Waals surface area contributed by atoms with Gasteiger partial charge in [0.1, 0.15) is 17.2 Å². The van der Waals surface area contributed by atoms with Crippen molar-refractivity contribution < 1.29 is 27.4 Å². The number of ether oxygens (including phenoxy) is 1. The molecular weight excluding hydrogens is 691 g/mol. The van der Waals surface area contributed by atoms with E-state index in [1.165, 1.54) is 26.4 Å². The number of methoxy groups -OCH3 is 1. The van der Waals surface area contributed by atoms with Gasteiger partial charge in [0.15, 0.2) is 0 Å². The molecule has 0 aliphatic carbocycles. The molecule has 0 fully saturated rings. The summed E-state index contributed by atoms with van der Waals surface area (Å²) in [4.78, 5) is 13.0. The van der Waals surface area contributed by atoms with Crippen LogP contribution in [0.3, 0.4) is 0 Å². The number of halogens is 1. The molecule has 0 saturated carbocycles. The second-order valence-corrected chi connectivity index (χ2v) is 20.5. The summed E-state index contributed by atoms with van der Waals surface area (Å²) in [5.74, 6) is 2.33. The Kier molecular flexibility index (Phi) is 12.2. The van der Waals surface area contributed by atoms with E-state index in [1.54, 1.807) is 16.8 Å². The summed E-state index contributed by atoms with van der Waals surface area (Å²) in [5, 5.41) is 6.59. The number of hydrogen-bond donors (Lipinski definition) is 0. The third-order valence-corrected chi connectivity index (χ3v) is 16.1. The van der Waals surface area contributed by atoms with Gasteiger partial charge in [-0.1, -0.05) is 124 Å². The minimum atomic E-state index is -3.81. The molecule has 5 aromatic rings. The fourth-order valence-corrected chi connectivity index (χ4v) is 12.7. The predicted molar refractivity (Wildman–Crippen MR) is 209 cm³/mol. The number of carbonyl (C=O) groups is 1. The Hall–Kier alpha value is -4.58. The van der Waals surface area contributed by atoms with Gasteiger partial charge in [-0.05, 0) is 58.5 Å². The summed E-state index contributed by atoms with van der Waals surface area (Å²) in [6.45, 7) is 10.4. The monoisotopic (exact) mass is 736 g/mol. The molecule has 0 radical (unpaired) electrons. The van der Waals surface area contributed by atoms with Crippen molar-refractivity contribution in [1.29, 1.82) is 0 Å². The lowest BCUT2D eigenvalue weighted by atomic mass is 9.99. The Labute approximate surface area is 307 Å². The third kappa shape index (κ3) is 8.38. The first kappa shape index (κ1) is 38.6. The average Bonchev–Trinajstić information content (AvgIpc) is 3.54. The van der Waals surface area contributed by atoms with Crippen molar-refractivity contribution in [1.82, 2.24) is 9.78 Å². The minimum absolute atomic E-state index is 0.117. The summed E-state index contributed by atoms with van der Waals surface area (Å²) in [5.41, 5.74) is 6.43. The van der Waals surface area contributed by atoms with E-state index in [9.17, 15) is 13.8 Å². The van der Waals surface area contributed by atoms with Crippen LogP contribution in [0.4, 0.5) is 4.39 Å². The van der Waals surface area contributed by atoms with Gasteiger partial charge in [0.2, 0.25) is 0 Å². The molecule has 2 atom stereocenters. The maximum Gasteiger partial charge on any atom is 0.308 e. The van der Waals surface area contributed by atoms with Crippen LogP contribution in [0.2, 0.25) is 5.04 Å². The molecule has 52 heavy (non-hydrogen) atoms. The summed E-state index contributed by atoms with van der Waals surface area (Å²) in [6.07, 6.45) is -1.19. The molecule has 7 nitrogen and oxygen atoms in total. The maximum absolute atomic E-state index is 14.8. The van der Waals surface area contributed by atoms with Crippen molar-refractivity contribution >= 4 is 32.0 Å². The van der Waals surface area contributed by atoms with Gasteiger partial charge in [-0.3, -0.25) is 14.0 Å². The lowest BCUT2D eigenvalue weighted by Crippen LogP contribution is -2.68. The number of aromatic nitrogens is 2. The second-order valence-electron chi connectivity index (χ2n) is 13.9. The molecule has 1 aromatic heterocycles. The van der Waals surface area contributed by atoms with Gasteiger partial charge in [0.05, 0.1) is 25.8 Å². The smallest absolute Gasteiger partial charge is 0.308 e. The molecule has 270 valence electrons. The van der Waals surface area contributed by atoms with Gasteiger partial charge in [-0.2, -0.15) is 5.10 Å². The quantitative estimate of drug-likeness (QED) is 0.0552. The van der Waals surface area contributed by atoms with E-state index >= 15 is 0 Å². The van der Waals surface area contributed by atoms with Crippen LogP contribution in [0.25, 0.3) is 22.4 Å². The summed E-state index contributed by atoms with van der Waals surface area (Å²) in [7, 11) is -4.31. The zero-order valence-corrected chi connectivity index (χ0v) is 32.7. The number of carbonyl (C=O) groups excluding carboxylic acids is 1. The van der Waals surface area contributed by atoms with E-state index < -0.39 is 32.8 Å². The van der Waals surface area contributed by atoms with E-state index in [0.717, 1.165) is 15.9 Å². The normalized spacial score (nSPS) is 13.6. The highest BCUT2D eigenvalue weighted by Gasteiger charge is 2.52. The first-order chi connectivity index (χ1) is 24.8. The van der Waals surface area contributed by atoms with Crippen molar-refractivity contribution in [2.24, 2.45) is 0 Å². The molecule has 10 heteroatoms. The topological polar surface area (TPSA) is 79.7 Å². The number of benzene rings is 4. The number of esters is 1. The van der Waals surface area contributed by atoms with Crippen molar-refractivity contribution in [3.63, 3.8) is 0 Å². The first-order valence-electron chi connectivity index (χ1n) is 17.3. The fourth-order valence-electron chi connectivity index (χ4n) is 6.54. The lowest BCUT2D eigenvalue weighted by Gasteiger charge is -2.45. The summed E-state index contributed by atoms with van der Waals surface area (Å²) < 4.78 is 48.9. The SMILES string of the molecule is COC(=O)C[C@@H](CP(=O)(C#Cc1c(-c2ccc(F)cc2)c(-c2ccccc2)nn1C(C)C)OC)O[Si](c1ccccc1)(c1ccccc1)C(C)(C)C. The summed E-state index contributed by atoms with van der Waals surface area (Å²) in [6, 6.07) is 35.8. The number of rotatable bonds is 12. The van der Waals surface area contributed by atoms with Crippen LogP contribution in [0, 0.1) is 17.4 Å². The van der Waals surface area contributed by atoms with Gasteiger partial charge in [0, 0.05) is 24.3 Å². The van der Waals surface area contributed by atoms with Crippen LogP contribution in [0.15, 0.2) is 115 Å². The largest absolute Gasteiger partial charge is 0.469 e. The molecule has 1 unspecified atom stereocenters. The van der Waals surface area contributed by atoms with E-state index in [1.807, 2.05) is 80.6 Å². The van der Waals surface area contributed by atoms with Crippen molar-refractivity contribution in [2.75, 3.05) is 20.4 Å². The van der Waals surface area contributed by atoms with Crippen LogP contribution in [0.1, 0.15) is 52.8 Å². The standard InChI is InChI=1S/C42H46FN2O5PSi/c1-31(2)45-38(40(32-23-25-34(43)26-24-32)41(44-45)33-17-11-8-12-18-33)27-28-51(47,49-7)30-35(29-39(46)48-6)50-52(42(3,4)5,36-19-13-9-14-20-36)37-21-15-10-16-22-37/h8-26,31,35H,29-30H2,1-7H3/t35-,51?/m0/s1. The molecule has 0 bridgehead atoms. The molecule has 0 saturated heterocycles. The van der Waals surface area contributed by atoms with Gasteiger partial charge >= 0.3 is 5.97 Å².